The topological polar surface area (TPSA) is 108 Å². The molecule has 172 valence electrons. The fourth-order valence-electron chi connectivity index (χ4n) is 3.14. The van der Waals surface area contributed by atoms with Crippen molar-refractivity contribution in [2.24, 2.45) is 5.10 Å². The molecule has 0 aliphatic rings. The van der Waals surface area contributed by atoms with Gasteiger partial charge in [0.2, 0.25) is 10.0 Å². The number of aromatic hydroxyl groups is 1. The molecule has 3 aromatic carbocycles. The maximum atomic E-state index is 13.4. The van der Waals surface area contributed by atoms with Gasteiger partial charge in [-0.15, -0.1) is 0 Å². The molecule has 1 amide bonds. The van der Waals surface area contributed by atoms with Gasteiger partial charge in [-0.05, 0) is 48.4 Å². The lowest BCUT2D eigenvalue weighted by Crippen LogP contribution is -2.39. The summed E-state index contributed by atoms with van der Waals surface area (Å²) in [4.78, 5) is 12.6. The van der Waals surface area contributed by atoms with Crippen LogP contribution in [-0.2, 0) is 21.4 Å². The predicted octanol–water partition coefficient (Wildman–Crippen LogP) is 3.05. The van der Waals surface area contributed by atoms with Crippen LogP contribution in [0.25, 0.3) is 0 Å². The van der Waals surface area contributed by atoms with Crippen molar-refractivity contribution in [3.05, 3.63) is 89.5 Å². The molecule has 33 heavy (non-hydrogen) atoms. The molecule has 0 aliphatic carbocycles. The highest BCUT2D eigenvalue weighted by atomic mass is 32.2. The number of carbonyl (C=O) groups is 1. The second-order valence-corrected chi connectivity index (χ2v) is 9.18. The fourth-order valence-corrected chi connectivity index (χ4v) is 4.61. The molecule has 8 nitrogen and oxygen atoms in total. The van der Waals surface area contributed by atoms with Gasteiger partial charge in [0.25, 0.3) is 5.91 Å². The number of para-hydroxylation sites is 1. The van der Waals surface area contributed by atoms with Crippen LogP contribution in [0.2, 0.25) is 0 Å². The SMILES string of the molecule is COc1ccc(S(=O)(=O)N(CC(=O)N/N=C/c2ccccc2O)Cc2ccccc2)cc1C. The van der Waals surface area contributed by atoms with Crippen molar-refractivity contribution in [1.82, 2.24) is 9.73 Å². The molecule has 0 saturated carbocycles. The van der Waals surface area contributed by atoms with Crippen LogP contribution in [0.3, 0.4) is 0 Å². The lowest BCUT2D eigenvalue weighted by atomic mass is 10.2. The average Bonchev–Trinajstić information content (AvgIpc) is 2.80. The van der Waals surface area contributed by atoms with Crippen molar-refractivity contribution >= 4 is 22.1 Å². The Morgan fingerprint density at radius 3 is 2.45 bits per heavy atom. The van der Waals surface area contributed by atoms with Crippen LogP contribution in [0.1, 0.15) is 16.7 Å². The molecule has 0 atom stereocenters. The third-order valence-electron chi connectivity index (χ3n) is 4.86. The summed E-state index contributed by atoms with van der Waals surface area (Å²) in [5, 5.41) is 13.6. The Kier molecular flexibility index (Phi) is 7.81. The van der Waals surface area contributed by atoms with Crippen LogP contribution < -0.4 is 10.2 Å². The van der Waals surface area contributed by atoms with Crippen molar-refractivity contribution in [3.63, 3.8) is 0 Å². The van der Waals surface area contributed by atoms with E-state index in [0.717, 1.165) is 9.87 Å². The van der Waals surface area contributed by atoms with Crippen molar-refractivity contribution < 1.29 is 23.1 Å². The highest BCUT2D eigenvalue weighted by Crippen LogP contribution is 2.24. The number of amides is 1. The molecule has 2 N–H and O–H groups in total. The minimum atomic E-state index is -4.00. The molecule has 0 radical (unpaired) electrons. The van der Waals surface area contributed by atoms with E-state index in [4.69, 9.17) is 4.74 Å². The van der Waals surface area contributed by atoms with Gasteiger partial charge in [-0.25, -0.2) is 13.8 Å². The summed E-state index contributed by atoms with van der Waals surface area (Å²) in [5.74, 6) is -0.0372. The summed E-state index contributed by atoms with van der Waals surface area (Å²) in [7, 11) is -2.49. The summed E-state index contributed by atoms with van der Waals surface area (Å²) in [6, 6.07) is 20.1. The standard InChI is InChI=1S/C24H25N3O5S/c1-18-14-21(12-13-23(18)32-2)33(30,31)27(16-19-8-4-3-5-9-19)17-24(29)26-25-15-20-10-6-7-11-22(20)28/h3-15,28H,16-17H2,1-2H3,(H,26,29)/b25-15+. The second kappa shape index (κ2) is 10.8. The zero-order valence-corrected chi connectivity index (χ0v) is 19.1. The van der Waals surface area contributed by atoms with Crippen LogP contribution in [0, 0.1) is 6.92 Å². The molecular weight excluding hydrogens is 442 g/mol. The monoisotopic (exact) mass is 467 g/mol. The predicted molar refractivity (Wildman–Crippen MR) is 126 cm³/mol. The van der Waals surface area contributed by atoms with E-state index in [-0.39, 0.29) is 17.2 Å². The van der Waals surface area contributed by atoms with Crippen molar-refractivity contribution in [3.8, 4) is 11.5 Å². The number of ether oxygens (including phenoxy) is 1. The zero-order chi connectivity index (χ0) is 23.8. The number of hydrogen-bond acceptors (Lipinski definition) is 6. The Balaban J connectivity index is 1.82. The maximum Gasteiger partial charge on any atom is 0.255 e. The number of nitrogens with one attached hydrogen (secondary N) is 1. The van der Waals surface area contributed by atoms with Crippen LogP contribution in [0.4, 0.5) is 0 Å². The third kappa shape index (κ3) is 6.18. The number of hydrazone groups is 1. The van der Waals surface area contributed by atoms with E-state index in [1.807, 2.05) is 6.07 Å². The number of carbonyl (C=O) groups excluding carboxylic acids is 1. The van der Waals surface area contributed by atoms with Gasteiger partial charge >= 0.3 is 0 Å². The van der Waals surface area contributed by atoms with Gasteiger partial charge in [0.1, 0.15) is 11.5 Å². The summed E-state index contributed by atoms with van der Waals surface area (Å²) < 4.78 is 33.1. The molecule has 0 heterocycles. The lowest BCUT2D eigenvalue weighted by molar-refractivity contribution is -0.121. The Morgan fingerprint density at radius 1 is 1.09 bits per heavy atom. The summed E-state index contributed by atoms with van der Waals surface area (Å²) in [5.41, 5.74) is 4.13. The summed E-state index contributed by atoms with van der Waals surface area (Å²) in [6.45, 7) is 1.31. The Hall–Kier alpha value is -3.69. The molecule has 0 spiro atoms. The quantitative estimate of drug-likeness (QED) is 0.371. The molecule has 3 aromatic rings. The number of rotatable bonds is 9. The average molecular weight is 468 g/mol. The number of aryl methyl sites for hydroxylation is 1. The first-order chi connectivity index (χ1) is 15.8. The van der Waals surface area contributed by atoms with E-state index in [1.165, 1.54) is 31.5 Å². The van der Waals surface area contributed by atoms with Gasteiger partial charge in [-0.2, -0.15) is 9.41 Å². The molecule has 9 heteroatoms. The van der Waals surface area contributed by atoms with Gasteiger partial charge < -0.3 is 9.84 Å². The van der Waals surface area contributed by atoms with E-state index in [9.17, 15) is 18.3 Å². The van der Waals surface area contributed by atoms with Gasteiger partial charge in [-0.3, -0.25) is 4.79 Å². The van der Waals surface area contributed by atoms with Gasteiger partial charge in [0, 0.05) is 12.1 Å². The van der Waals surface area contributed by atoms with Crippen LogP contribution in [-0.4, -0.2) is 43.6 Å². The maximum absolute atomic E-state index is 13.4. The summed E-state index contributed by atoms with van der Waals surface area (Å²) >= 11 is 0. The normalized spacial score (nSPS) is 11.6. The second-order valence-electron chi connectivity index (χ2n) is 7.24. The van der Waals surface area contributed by atoms with Crippen molar-refractivity contribution in [1.29, 1.82) is 0 Å². The first-order valence-electron chi connectivity index (χ1n) is 10.1. The van der Waals surface area contributed by atoms with Gasteiger partial charge in [0.05, 0.1) is 24.8 Å². The first-order valence-corrected chi connectivity index (χ1v) is 11.5. The highest BCUT2D eigenvalue weighted by molar-refractivity contribution is 7.89. The summed E-state index contributed by atoms with van der Waals surface area (Å²) in [6.07, 6.45) is 1.29. The number of methoxy groups -OCH3 is 1. The van der Waals surface area contributed by atoms with Gasteiger partial charge in [0.15, 0.2) is 0 Å². The van der Waals surface area contributed by atoms with Crippen molar-refractivity contribution in [2.75, 3.05) is 13.7 Å². The smallest absolute Gasteiger partial charge is 0.255 e. The Labute approximate surface area is 193 Å². The number of sulfonamides is 1. The first kappa shape index (κ1) is 24.0. The molecule has 3 rings (SSSR count). The van der Waals surface area contributed by atoms with Crippen LogP contribution in [0.5, 0.6) is 11.5 Å². The van der Waals surface area contributed by atoms with Gasteiger partial charge in [-0.1, -0.05) is 42.5 Å². The highest BCUT2D eigenvalue weighted by Gasteiger charge is 2.27. The number of hydrogen-bond donors (Lipinski definition) is 2. The van der Waals surface area contributed by atoms with Crippen molar-refractivity contribution in [2.45, 2.75) is 18.4 Å². The number of phenolic OH excluding ortho intramolecular Hbond substituents is 1. The Bertz CT molecular complexity index is 1240. The third-order valence-corrected chi connectivity index (χ3v) is 6.64. The van der Waals surface area contributed by atoms with Crippen LogP contribution in [0.15, 0.2) is 82.8 Å². The van der Waals surface area contributed by atoms with E-state index in [1.54, 1.807) is 55.5 Å². The van der Waals surface area contributed by atoms with E-state index >= 15 is 0 Å². The minimum Gasteiger partial charge on any atom is -0.507 e. The number of nitrogens with zero attached hydrogens (tertiary/aromatic N) is 2. The molecule has 0 unspecified atom stereocenters. The molecule has 0 fully saturated rings. The minimum absolute atomic E-state index is 0.00482. The fraction of sp³-hybridized carbons (Fsp3) is 0.167. The largest absolute Gasteiger partial charge is 0.507 e. The van der Waals surface area contributed by atoms with E-state index in [2.05, 4.69) is 10.5 Å². The molecule has 0 saturated heterocycles. The van der Waals surface area contributed by atoms with E-state index < -0.39 is 22.5 Å². The Morgan fingerprint density at radius 2 is 1.79 bits per heavy atom. The lowest BCUT2D eigenvalue weighted by Gasteiger charge is -2.22. The molecule has 0 aromatic heterocycles. The number of benzene rings is 3. The van der Waals surface area contributed by atoms with Crippen LogP contribution >= 0.6 is 0 Å². The zero-order valence-electron chi connectivity index (χ0n) is 18.3. The van der Waals surface area contributed by atoms with E-state index in [0.29, 0.717) is 16.9 Å². The molecular formula is C24H25N3O5S. The molecule has 0 bridgehead atoms. The molecule has 0 aliphatic heterocycles. The number of phenols is 1.